The number of sulfonamides is 1. The summed E-state index contributed by atoms with van der Waals surface area (Å²) in [5.41, 5.74) is 1.75. The third-order valence-electron chi connectivity index (χ3n) is 5.13. The number of nitro groups is 1. The number of benzene rings is 3. The Morgan fingerprint density at radius 3 is 2.39 bits per heavy atom. The Kier molecular flexibility index (Phi) is 6.98. The molecule has 0 aromatic heterocycles. The summed E-state index contributed by atoms with van der Waals surface area (Å²) < 4.78 is 33.2. The van der Waals surface area contributed by atoms with Crippen molar-refractivity contribution in [2.45, 2.75) is 18.7 Å². The molecule has 0 aliphatic rings. The molecule has 0 unspecified atom stereocenters. The summed E-state index contributed by atoms with van der Waals surface area (Å²) in [4.78, 5) is 23.5. The van der Waals surface area contributed by atoms with Crippen molar-refractivity contribution in [3.05, 3.63) is 88.0 Å². The highest BCUT2D eigenvalue weighted by atomic mass is 32.2. The van der Waals surface area contributed by atoms with Crippen LogP contribution in [0.2, 0.25) is 0 Å². The molecule has 0 aliphatic heterocycles. The van der Waals surface area contributed by atoms with Crippen LogP contribution in [0.4, 0.5) is 17.1 Å². The largest absolute Gasteiger partial charge is 0.495 e. The third kappa shape index (κ3) is 5.12. The predicted molar refractivity (Wildman–Crippen MR) is 125 cm³/mol. The van der Waals surface area contributed by atoms with Gasteiger partial charge in [0.25, 0.3) is 15.7 Å². The normalized spacial score (nSPS) is 11.0. The van der Waals surface area contributed by atoms with Gasteiger partial charge in [-0.05, 0) is 49.2 Å². The van der Waals surface area contributed by atoms with Crippen LogP contribution in [0.1, 0.15) is 11.1 Å². The van der Waals surface area contributed by atoms with Crippen LogP contribution in [-0.2, 0) is 14.8 Å². The number of nitrogens with one attached hydrogen (secondary N) is 1. The molecule has 0 fully saturated rings. The van der Waals surface area contributed by atoms with Crippen LogP contribution in [-0.4, -0.2) is 32.9 Å². The number of ether oxygens (including phenoxy) is 1. The highest BCUT2D eigenvalue weighted by Crippen LogP contribution is 2.31. The highest BCUT2D eigenvalue weighted by molar-refractivity contribution is 7.92. The van der Waals surface area contributed by atoms with E-state index in [0.717, 1.165) is 15.9 Å². The fourth-order valence-electron chi connectivity index (χ4n) is 3.25. The number of non-ortho nitro benzene ring substituents is 1. The Balaban J connectivity index is 2.01. The minimum absolute atomic E-state index is 0.0339. The topological polar surface area (TPSA) is 119 Å². The molecule has 9 nitrogen and oxygen atoms in total. The summed E-state index contributed by atoms with van der Waals surface area (Å²) in [6.45, 7) is 3.08. The molecule has 3 aromatic carbocycles. The molecule has 0 aliphatic carbocycles. The quantitative estimate of drug-likeness (QED) is 0.393. The summed E-state index contributed by atoms with van der Waals surface area (Å²) in [7, 11) is -2.72. The molecule has 172 valence electrons. The van der Waals surface area contributed by atoms with Crippen molar-refractivity contribution in [1.82, 2.24) is 0 Å². The number of methoxy groups -OCH3 is 1. The molecule has 0 atom stereocenters. The van der Waals surface area contributed by atoms with Crippen molar-refractivity contribution >= 4 is 33.0 Å². The van der Waals surface area contributed by atoms with Gasteiger partial charge in [0.15, 0.2) is 0 Å². The summed E-state index contributed by atoms with van der Waals surface area (Å²) in [6.07, 6.45) is 0. The fourth-order valence-corrected chi connectivity index (χ4v) is 4.75. The molecule has 0 radical (unpaired) electrons. The number of nitrogens with zero attached hydrogens (tertiary/aromatic N) is 2. The zero-order valence-corrected chi connectivity index (χ0v) is 19.1. The number of nitro benzene ring substituents is 1. The molecule has 1 N–H and O–H groups in total. The van der Waals surface area contributed by atoms with Crippen LogP contribution in [0.5, 0.6) is 5.75 Å². The van der Waals surface area contributed by atoms with Crippen LogP contribution in [0.25, 0.3) is 0 Å². The lowest BCUT2D eigenvalue weighted by molar-refractivity contribution is -0.384. The fraction of sp³-hybridized carbons (Fsp3) is 0.174. The number of hydrogen-bond donors (Lipinski definition) is 1. The van der Waals surface area contributed by atoms with E-state index in [2.05, 4.69) is 5.32 Å². The third-order valence-corrected chi connectivity index (χ3v) is 6.91. The van der Waals surface area contributed by atoms with Crippen molar-refractivity contribution in [3.63, 3.8) is 0 Å². The number of amides is 1. The van der Waals surface area contributed by atoms with E-state index >= 15 is 0 Å². The van der Waals surface area contributed by atoms with Gasteiger partial charge in [0.05, 0.1) is 28.3 Å². The lowest BCUT2D eigenvalue weighted by atomic mass is 10.1. The first-order valence-electron chi connectivity index (χ1n) is 9.91. The number of anilines is 2. The smallest absolute Gasteiger partial charge is 0.271 e. The lowest BCUT2D eigenvalue weighted by Crippen LogP contribution is -2.38. The number of hydrogen-bond acceptors (Lipinski definition) is 6. The van der Waals surface area contributed by atoms with E-state index in [1.54, 1.807) is 37.3 Å². The van der Waals surface area contributed by atoms with Crippen LogP contribution in [0.15, 0.2) is 71.6 Å². The van der Waals surface area contributed by atoms with Gasteiger partial charge in [-0.3, -0.25) is 19.2 Å². The average molecular weight is 470 g/mol. The minimum atomic E-state index is -4.08. The first kappa shape index (κ1) is 23.7. The minimum Gasteiger partial charge on any atom is -0.495 e. The maximum absolute atomic E-state index is 13.5. The molecule has 0 saturated carbocycles. The van der Waals surface area contributed by atoms with Crippen molar-refractivity contribution < 1.29 is 22.9 Å². The number of carbonyl (C=O) groups is 1. The lowest BCUT2D eigenvalue weighted by Gasteiger charge is -2.26. The molecule has 0 bridgehead atoms. The van der Waals surface area contributed by atoms with Gasteiger partial charge in [-0.2, -0.15) is 0 Å². The second-order valence-electron chi connectivity index (χ2n) is 7.23. The van der Waals surface area contributed by atoms with E-state index in [1.165, 1.54) is 31.4 Å². The molecule has 1 amide bonds. The molecule has 0 saturated heterocycles. The molecule has 3 aromatic rings. The monoisotopic (exact) mass is 469 g/mol. The Labute approximate surface area is 191 Å². The molecule has 0 spiro atoms. The summed E-state index contributed by atoms with van der Waals surface area (Å²) in [5, 5.41) is 13.7. The maximum Gasteiger partial charge on any atom is 0.271 e. The number of aryl methyl sites for hydroxylation is 1. The van der Waals surface area contributed by atoms with E-state index < -0.39 is 27.4 Å². The summed E-state index contributed by atoms with van der Waals surface area (Å²) >= 11 is 0. The first-order chi connectivity index (χ1) is 15.6. The average Bonchev–Trinajstić information content (AvgIpc) is 2.80. The van der Waals surface area contributed by atoms with Gasteiger partial charge in [-0.15, -0.1) is 0 Å². The van der Waals surface area contributed by atoms with Crippen LogP contribution < -0.4 is 14.4 Å². The highest BCUT2D eigenvalue weighted by Gasteiger charge is 2.29. The molecule has 10 heteroatoms. The Morgan fingerprint density at radius 2 is 1.76 bits per heavy atom. The Morgan fingerprint density at radius 1 is 1.06 bits per heavy atom. The van der Waals surface area contributed by atoms with Crippen molar-refractivity contribution in [1.29, 1.82) is 0 Å². The van der Waals surface area contributed by atoms with E-state index in [-0.39, 0.29) is 22.0 Å². The summed E-state index contributed by atoms with van der Waals surface area (Å²) in [6, 6.07) is 16.8. The van der Waals surface area contributed by atoms with Gasteiger partial charge in [0, 0.05) is 12.1 Å². The van der Waals surface area contributed by atoms with Crippen LogP contribution in [0.3, 0.4) is 0 Å². The zero-order chi connectivity index (χ0) is 24.2. The van der Waals surface area contributed by atoms with E-state index in [4.69, 9.17) is 4.74 Å². The van der Waals surface area contributed by atoms with Gasteiger partial charge >= 0.3 is 0 Å². The number of carbonyl (C=O) groups excluding carboxylic acids is 1. The van der Waals surface area contributed by atoms with Gasteiger partial charge in [0.1, 0.15) is 12.3 Å². The predicted octanol–water partition coefficient (Wildman–Crippen LogP) is 4.05. The second-order valence-corrected chi connectivity index (χ2v) is 9.10. The zero-order valence-electron chi connectivity index (χ0n) is 18.3. The number of rotatable bonds is 8. The molecule has 3 rings (SSSR count). The van der Waals surface area contributed by atoms with E-state index in [1.807, 2.05) is 13.0 Å². The standard InChI is InChI=1S/C23H23N3O6S/c1-16-8-7-11-21(17(16)2)25(33(30,31)19-9-5-4-6-10-19)15-23(27)24-20-14-18(26(28)29)12-13-22(20)32-3/h4-14H,15H2,1-3H3,(H,24,27). The maximum atomic E-state index is 13.5. The van der Waals surface area contributed by atoms with Gasteiger partial charge in [-0.1, -0.05) is 30.3 Å². The molecule has 33 heavy (non-hydrogen) atoms. The van der Waals surface area contributed by atoms with E-state index in [0.29, 0.717) is 11.3 Å². The van der Waals surface area contributed by atoms with Crippen LogP contribution >= 0.6 is 0 Å². The first-order valence-corrected chi connectivity index (χ1v) is 11.4. The van der Waals surface area contributed by atoms with Crippen LogP contribution in [0, 0.1) is 24.0 Å². The Bertz CT molecular complexity index is 1290. The Hall–Kier alpha value is -3.92. The van der Waals surface area contributed by atoms with Crippen molar-refractivity contribution in [2.75, 3.05) is 23.3 Å². The molecular formula is C23H23N3O6S. The molecular weight excluding hydrogens is 446 g/mol. The second kappa shape index (κ2) is 9.70. The molecule has 0 heterocycles. The van der Waals surface area contributed by atoms with Gasteiger partial charge in [0.2, 0.25) is 5.91 Å². The van der Waals surface area contributed by atoms with E-state index in [9.17, 15) is 23.3 Å². The van der Waals surface area contributed by atoms with Crippen molar-refractivity contribution in [2.24, 2.45) is 0 Å². The van der Waals surface area contributed by atoms with Gasteiger partial charge in [-0.25, -0.2) is 8.42 Å². The SMILES string of the molecule is COc1ccc([N+](=O)[O-])cc1NC(=O)CN(c1cccc(C)c1C)S(=O)(=O)c1ccccc1. The van der Waals surface area contributed by atoms with Gasteiger partial charge < -0.3 is 10.1 Å². The van der Waals surface area contributed by atoms with Crippen molar-refractivity contribution in [3.8, 4) is 5.75 Å². The summed E-state index contributed by atoms with van der Waals surface area (Å²) in [5.74, 6) is -0.479.